The van der Waals surface area contributed by atoms with Gasteiger partial charge in [-0.1, -0.05) is 6.07 Å². The molecular weight excluding hydrogens is 265 g/mol. The maximum absolute atomic E-state index is 13.7. The average molecular weight is 275 g/mol. The molecule has 0 bridgehead atoms. The molecule has 0 saturated carbocycles. The fraction of sp³-hybridized carbons (Fsp3) is 0.0714. The molecule has 0 saturated heterocycles. The van der Waals surface area contributed by atoms with Crippen molar-refractivity contribution in [1.29, 1.82) is 0 Å². The van der Waals surface area contributed by atoms with Gasteiger partial charge in [0.05, 0.1) is 24.4 Å². The SMILES string of the molecule is COC(=O)c1ccc(-c2ccncc2F)c(C(=O)O)c1. The van der Waals surface area contributed by atoms with Crippen LogP contribution in [-0.4, -0.2) is 29.1 Å². The first-order valence-electron chi connectivity index (χ1n) is 5.60. The Kier molecular flexibility index (Phi) is 3.74. The summed E-state index contributed by atoms with van der Waals surface area (Å²) in [5, 5.41) is 9.21. The predicted molar refractivity (Wildman–Crippen MR) is 67.9 cm³/mol. The number of nitrogens with zero attached hydrogens (tertiary/aromatic N) is 1. The molecule has 1 heterocycles. The van der Waals surface area contributed by atoms with Gasteiger partial charge in [-0.25, -0.2) is 14.0 Å². The van der Waals surface area contributed by atoms with E-state index in [1.807, 2.05) is 0 Å². The fourth-order valence-corrected chi connectivity index (χ4v) is 1.79. The van der Waals surface area contributed by atoms with E-state index in [9.17, 15) is 19.1 Å². The van der Waals surface area contributed by atoms with Crippen molar-refractivity contribution in [2.45, 2.75) is 0 Å². The maximum Gasteiger partial charge on any atom is 0.337 e. The molecule has 0 aliphatic carbocycles. The quantitative estimate of drug-likeness (QED) is 0.870. The van der Waals surface area contributed by atoms with Crippen LogP contribution in [0.3, 0.4) is 0 Å². The first-order valence-corrected chi connectivity index (χ1v) is 5.60. The molecule has 0 radical (unpaired) electrons. The second-order valence-electron chi connectivity index (χ2n) is 3.91. The smallest absolute Gasteiger partial charge is 0.337 e. The number of methoxy groups -OCH3 is 1. The number of esters is 1. The summed E-state index contributed by atoms with van der Waals surface area (Å²) in [4.78, 5) is 26.3. The van der Waals surface area contributed by atoms with Gasteiger partial charge in [0.2, 0.25) is 0 Å². The molecule has 5 nitrogen and oxygen atoms in total. The highest BCUT2D eigenvalue weighted by Crippen LogP contribution is 2.27. The van der Waals surface area contributed by atoms with Crippen LogP contribution in [-0.2, 0) is 4.74 Å². The lowest BCUT2D eigenvalue weighted by molar-refractivity contribution is 0.0600. The molecule has 0 aliphatic rings. The molecule has 0 fully saturated rings. The largest absolute Gasteiger partial charge is 0.478 e. The molecule has 20 heavy (non-hydrogen) atoms. The van der Waals surface area contributed by atoms with Crippen LogP contribution in [0.15, 0.2) is 36.7 Å². The van der Waals surface area contributed by atoms with Crippen LogP contribution in [0.25, 0.3) is 11.1 Å². The number of pyridine rings is 1. The summed E-state index contributed by atoms with van der Waals surface area (Å²) in [6.07, 6.45) is 2.35. The number of aromatic nitrogens is 1. The Labute approximate surface area is 113 Å². The third kappa shape index (κ3) is 2.49. The highest BCUT2D eigenvalue weighted by Gasteiger charge is 2.17. The lowest BCUT2D eigenvalue weighted by Crippen LogP contribution is -2.06. The lowest BCUT2D eigenvalue weighted by atomic mass is 9.98. The van der Waals surface area contributed by atoms with Crippen LogP contribution >= 0.6 is 0 Å². The van der Waals surface area contributed by atoms with Crippen molar-refractivity contribution >= 4 is 11.9 Å². The molecule has 0 aliphatic heterocycles. The van der Waals surface area contributed by atoms with E-state index in [1.54, 1.807) is 0 Å². The standard InChI is InChI=1S/C14H10FNO4/c1-20-14(19)8-2-3-9(11(6-8)13(17)18)10-4-5-16-7-12(10)15/h2-7H,1H3,(H,17,18). The number of aromatic carboxylic acids is 1. The number of hydrogen-bond acceptors (Lipinski definition) is 4. The van der Waals surface area contributed by atoms with Gasteiger partial charge in [-0.15, -0.1) is 0 Å². The van der Waals surface area contributed by atoms with Gasteiger partial charge in [0.15, 0.2) is 0 Å². The summed E-state index contributed by atoms with van der Waals surface area (Å²) in [5.41, 5.74) is 0.181. The Morgan fingerprint density at radius 1 is 1.25 bits per heavy atom. The monoisotopic (exact) mass is 275 g/mol. The summed E-state index contributed by atoms with van der Waals surface area (Å²) < 4.78 is 18.2. The molecule has 2 rings (SSSR count). The number of carboxylic acids is 1. The third-order valence-corrected chi connectivity index (χ3v) is 2.73. The van der Waals surface area contributed by atoms with Gasteiger partial charge in [0.25, 0.3) is 0 Å². The van der Waals surface area contributed by atoms with Crippen molar-refractivity contribution in [3.63, 3.8) is 0 Å². The highest BCUT2D eigenvalue weighted by molar-refractivity contribution is 6.00. The second-order valence-corrected chi connectivity index (χ2v) is 3.91. The van der Waals surface area contributed by atoms with Gasteiger partial charge in [-0.2, -0.15) is 0 Å². The Bertz CT molecular complexity index is 685. The molecular formula is C14H10FNO4. The lowest BCUT2D eigenvalue weighted by Gasteiger charge is -2.09. The predicted octanol–water partition coefficient (Wildman–Crippen LogP) is 2.37. The number of ether oxygens (including phenoxy) is 1. The minimum Gasteiger partial charge on any atom is -0.478 e. The summed E-state index contributed by atoms with van der Waals surface area (Å²) in [6, 6.07) is 5.28. The molecule has 6 heteroatoms. The molecule has 0 spiro atoms. The average Bonchev–Trinajstić information content (AvgIpc) is 2.46. The molecule has 2 aromatic rings. The highest BCUT2D eigenvalue weighted by atomic mass is 19.1. The van der Waals surface area contributed by atoms with Crippen LogP contribution in [0.5, 0.6) is 0 Å². The minimum atomic E-state index is -1.26. The molecule has 0 unspecified atom stereocenters. The molecule has 1 aromatic heterocycles. The Morgan fingerprint density at radius 2 is 2.00 bits per heavy atom. The molecule has 102 valence electrons. The van der Waals surface area contributed by atoms with Crippen LogP contribution in [0.4, 0.5) is 4.39 Å². The van der Waals surface area contributed by atoms with Crippen molar-refractivity contribution < 1.29 is 23.8 Å². The number of halogens is 1. The van der Waals surface area contributed by atoms with Crippen molar-refractivity contribution in [2.24, 2.45) is 0 Å². The van der Waals surface area contributed by atoms with Gasteiger partial charge >= 0.3 is 11.9 Å². The minimum absolute atomic E-state index is 0.0862. The number of benzene rings is 1. The molecule has 0 atom stereocenters. The van der Waals surface area contributed by atoms with E-state index in [-0.39, 0.29) is 22.3 Å². The molecule has 1 aromatic carbocycles. The zero-order valence-electron chi connectivity index (χ0n) is 10.5. The Balaban J connectivity index is 2.63. The zero-order valence-corrected chi connectivity index (χ0v) is 10.5. The first-order chi connectivity index (χ1) is 9.54. The maximum atomic E-state index is 13.7. The first kappa shape index (κ1) is 13.7. The van der Waals surface area contributed by atoms with E-state index >= 15 is 0 Å². The van der Waals surface area contributed by atoms with E-state index < -0.39 is 17.8 Å². The number of carbonyl (C=O) groups excluding carboxylic acids is 1. The number of carbonyl (C=O) groups is 2. The third-order valence-electron chi connectivity index (χ3n) is 2.73. The summed E-state index contributed by atoms with van der Waals surface area (Å²) >= 11 is 0. The summed E-state index contributed by atoms with van der Waals surface area (Å²) in [6.45, 7) is 0. The van der Waals surface area contributed by atoms with Crippen LogP contribution < -0.4 is 0 Å². The zero-order chi connectivity index (χ0) is 14.7. The fourth-order valence-electron chi connectivity index (χ4n) is 1.79. The second kappa shape index (κ2) is 5.48. The molecule has 0 amide bonds. The van der Waals surface area contributed by atoms with Gasteiger partial charge in [0.1, 0.15) is 5.82 Å². The van der Waals surface area contributed by atoms with Gasteiger partial charge in [0, 0.05) is 11.8 Å². The number of rotatable bonds is 3. The van der Waals surface area contributed by atoms with Crippen molar-refractivity contribution in [3.05, 3.63) is 53.6 Å². The Hall–Kier alpha value is -2.76. The van der Waals surface area contributed by atoms with Gasteiger partial charge in [-0.3, -0.25) is 4.98 Å². The van der Waals surface area contributed by atoms with Gasteiger partial charge < -0.3 is 9.84 Å². The van der Waals surface area contributed by atoms with E-state index in [1.165, 1.54) is 31.5 Å². The number of carboxylic acid groups (broad SMARTS) is 1. The summed E-state index contributed by atoms with van der Waals surface area (Å²) in [7, 11) is 1.19. The normalized spacial score (nSPS) is 10.1. The van der Waals surface area contributed by atoms with E-state index in [2.05, 4.69) is 9.72 Å². The Morgan fingerprint density at radius 3 is 2.60 bits per heavy atom. The van der Waals surface area contributed by atoms with E-state index in [0.29, 0.717) is 0 Å². The van der Waals surface area contributed by atoms with E-state index in [0.717, 1.165) is 12.3 Å². The van der Waals surface area contributed by atoms with Crippen LogP contribution in [0.2, 0.25) is 0 Å². The van der Waals surface area contributed by atoms with Crippen LogP contribution in [0, 0.1) is 5.82 Å². The van der Waals surface area contributed by atoms with Crippen molar-refractivity contribution in [3.8, 4) is 11.1 Å². The van der Waals surface area contributed by atoms with Crippen LogP contribution in [0.1, 0.15) is 20.7 Å². The molecule has 1 N–H and O–H groups in total. The number of hydrogen-bond donors (Lipinski definition) is 1. The van der Waals surface area contributed by atoms with Gasteiger partial charge in [-0.05, 0) is 23.8 Å². The topological polar surface area (TPSA) is 76.5 Å². The van der Waals surface area contributed by atoms with Crippen molar-refractivity contribution in [1.82, 2.24) is 4.98 Å². The van der Waals surface area contributed by atoms with E-state index in [4.69, 9.17) is 0 Å². The summed E-state index contributed by atoms with van der Waals surface area (Å²) in [5.74, 6) is -2.56. The van der Waals surface area contributed by atoms with Crippen molar-refractivity contribution in [2.75, 3.05) is 7.11 Å².